The van der Waals surface area contributed by atoms with E-state index in [1.807, 2.05) is 0 Å². The molecular formula is C9H20O3Si. The Balaban J connectivity index is 3.68. The third kappa shape index (κ3) is 7.84. The third-order valence-corrected chi connectivity index (χ3v) is 4.24. The second kappa shape index (κ2) is 5.27. The molecule has 0 aromatic carbocycles. The Morgan fingerprint density at radius 3 is 2.46 bits per heavy atom. The first-order valence-electron chi connectivity index (χ1n) is 4.69. The first-order valence-corrected chi connectivity index (χ1v) is 6.21. The lowest BCUT2D eigenvalue weighted by molar-refractivity contribution is 0.0882. The van der Waals surface area contributed by atoms with Crippen molar-refractivity contribution >= 4 is 15.7 Å². The van der Waals surface area contributed by atoms with Gasteiger partial charge in [-0.25, -0.2) is 4.79 Å². The van der Waals surface area contributed by atoms with Crippen LogP contribution in [0, 0.1) is 0 Å². The fourth-order valence-electron chi connectivity index (χ4n) is 1.62. The Morgan fingerprint density at radius 1 is 1.54 bits per heavy atom. The number of carbonyl (C=O) groups is 1. The Hall–Kier alpha value is -0.513. The molecule has 0 unspecified atom stereocenters. The Bertz CT molecular complexity index is 166. The molecule has 0 aliphatic carbocycles. The molecule has 0 aromatic rings. The predicted octanol–water partition coefficient (Wildman–Crippen LogP) is 2.27. The van der Waals surface area contributed by atoms with Gasteiger partial charge in [-0.1, -0.05) is 33.2 Å². The van der Waals surface area contributed by atoms with Crippen molar-refractivity contribution in [2.24, 2.45) is 0 Å². The molecule has 0 aliphatic rings. The Kier molecular flexibility index (Phi) is 5.06. The molecule has 4 heteroatoms. The van der Waals surface area contributed by atoms with Crippen LogP contribution in [0.5, 0.6) is 0 Å². The highest BCUT2D eigenvalue weighted by atomic mass is 28.2. The van der Waals surface area contributed by atoms with Gasteiger partial charge in [0.05, 0.1) is 6.61 Å². The molecule has 0 aromatic heterocycles. The van der Waals surface area contributed by atoms with Crippen LogP contribution in [0.2, 0.25) is 10.6 Å². The lowest BCUT2D eigenvalue weighted by Gasteiger charge is -2.25. The summed E-state index contributed by atoms with van der Waals surface area (Å²) < 4.78 is 4.50. The molecule has 0 atom stereocenters. The summed E-state index contributed by atoms with van der Waals surface area (Å²) in [6, 6.07) is 0. The van der Waals surface area contributed by atoms with E-state index in [1.54, 1.807) is 0 Å². The van der Waals surface area contributed by atoms with Crippen LogP contribution in [0.15, 0.2) is 0 Å². The highest BCUT2D eigenvalue weighted by molar-refractivity contribution is 6.41. The number of hydrogen-bond donors (Lipinski definition) is 1. The minimum atomic E-state index is -1.16. The summed E-state index contributed by atoms with van der Waals surface area (Å²) in [6.45, 7) is 9.19. The van der Waals surface area contributed by atoms with Crippen molar-refractivity contribution in [3.63, 3.8) is 0 Å². The van der Waals surface area contributed by atoms with Crippen LogP contribution >= 0.6 is 0 Å². The maximum atomic E-state index is 10.1. The number of carboxylic acid groups (broad SMARTS) is 1. The zero-order valence-electron chi connectivity index (χ0n) is 8.96. The van der Waals surface area contributed by atoms with Crippen LogP contribution in [0.25, 0.3) is 0 Å². The lowest BCUT2D eigenvalue weighted by Crippen LogP contribution is -2.18. The first kappa shape index (κ1) is 12.5. The van der Waals surface area contributed by atoms with Crippen LogP contribution in [-0.2, 0) is 4.74 Å². The summed E-state index contributed by atoms with van der Waals surface area (Å²) >= 11 is 0. The lowest BCUT2D eigenvalue weighted by atomic mass is 10.1. The average Bonchev–Trinajstić information content (AvgIpc) is 1.81. The smallest absolute Gasteiger partial charge is 0.450 e. The van der Waals surface area contributed by atoms with Gasteiger partial charge in [0.1, 0.15) is 0 Å². The Labute approximate surface area is 82.3 Å². The quantitative estimate of drug-likeness (QED) is 0.552. The zero-order valence-corrected chi connectivity index (χ0v) is 10.4. The SMILES string of the molecule is CC(C)[SiH2]C(C)(C)CCOC(=O)O. The Morgan fingerprint density at radius 2 is 2.08 bits per heavy atom. The first-order chi connectivity index (χ1) is 5.83. The largest absolute Gasteiger partial charge is 0.505 e. The molecule has 0 aliphatic heterocycles. The molecule has 0 bridgehead atoms. The zero-order chi connectivity index (χ0) is 10.5. The summed E-state index contributed by atoms with van der Waals surface area (Å²) in [5, 5.41) is 8.59. The molecule has 0 saturated carbocycles. The number of hydrogen-bond acceptors (Lipinski definition) is 2. The van der Waals surface area contributed by atoms with E-state index in [0.29, 0.717) is 11.6 Å². The van der Waals surface area contributed by atoms with Crippen LogP contribution in [-0.4, -0.2) is 27.4 Å². The van der Waals surface area contributed by atoms with Crippen molar-refractivity contribution < 1.29 is 14.6 Å². The second-order valence-electron chi connectivity index (χ2n) is 4.63. The van der Waals surface area contributed by atoms with Gasteiger partial charge in [0.25, 0.3) is 0 Å². The van der Waals surface area contributed by atoms with E-state index in [0.717, 1.165) is 12.0 Å². The van der Waals surface area contributed by atoms with Gasteiger partial charge in [0.15, 0.2) is 0 Å². The third-order valence-electron chi connectivity index (χ3n) is 1.97. The fraction of sp³-hybridized carbons (Fsp3) is 0.889. The van der Waals surface area contributed by atoms with Crippen molar-refractivity contribution in [3.8, 4) is 0 Å². The van der Waals surface area contributed by atoms with Gasteiger partial charge < -0.3 is 9.84 Å². The van der Waals surface area contributed by atoms with Gasteiger partial charge in [0, 0.05) is 9.52 Å². The predicted molar refractivity (Wildman–Crippen MR) is 56.3 cm³/mol. The number of ether oxygens (including phenoxy) is 1. The van der Waals surface area contributed by atoms with Crippen molar-refractivity contribution in [2.45, 2.75) is 44.7 Å². The van der Waals surface area contributed by atoms with E-state index in [4.69, 9.17) is 5.11 Å². The minimum absolute atomic E-state index is 0.144. The van der Waals surface area contributed by atoms with Gasteiger partial charge in [-0.2, -0.15) is 0 Å². The standard InChI is InChI=1S/C9H20O3Si/c1-7(2)13-9(3,4)5-6-12-8(10)11/h7H,5-6,13H2,1-4H3,(H,10,11). The van der Waals surface area contributed by atoms with Gasteiger partial charge in [-0.15, -0.1) is 0 Å². The summed E-state index contributed by atoms with van der Waals surface area (Å²) in [5.41, 5.74) is 0.778. The van der Waals surface area contributed by atoms with Crippen molar-refractivity contribution in [2.75, 3.05) is 6.61 Å². The summed E-state index contributed by atoms with van der Waals surface area (Å²) in [6.07, 6.45) is -0.314. The van der Waals surface area contributed by atoms with E-state index in [9.17, 15) is 4.79 Å². The number of rotatable bonds is 5. The average molecular weight is 204 g/mol. The highest BCUT2D eigenvalue weighted by Gasteiger charge is 2.20. The van der Waals surface area contributed by atoms with Crippen LogP contribution in [0.4, 0.5) is 4.79 Å². The molecule has 13 heavy (non-hydrogen) atoms. The molecule has 3 nitrogen and oxygen atoms in total. The molecular weight excluding hydrogens is 184 g/mol. The maximum absolute atomic E-state index is 10.1. The van der Waals surface area contributed by atoms with E-state index in [2.05, 4.69) is 32.4 Å². The second-order valence-corrected chi connectivity index (χ2v) is 8.58. The summed E-state index contributed by atoms with van der Waals surface area (Å²) in [5.74, 6) is 0. The van der Waals surface area contributed by atoms with Crippen LogP contribution in [0.3, 0.4) is 0 Å². The van der Waals surface area contributed by atoms with E-state index < -0.39 is 6.16 Å². The molecule has 0 saturated heterocycles. The van der Waals surface area contributed by atoms with Crippen molar-refractivity contribution in [1.29, 1.82) is 0 Å². The molecule has 0 amide bonds. The summed E-state index contributed by atoms with van der Waals surface area (Å²) in [4.78, 5) is 10.1. The van der Waals surface area contributed by atoms with Crippen molar-refractivity contribution in [3.05, 3.63) is 0 Å². The topological polar surface area (TPSA) is 46.5 Å². The van der Waals surface area contributed by atoms with Gasteiger partial charge in [-0.05, 0) is 11.5 Å². The van der Waals surface area contributed by atoms with Crippen LogP contribution in [0.1, 0.15) is 34.1 Å². The van der Waals surface area contributed by atoms with E-state index in [1.165, 1.54) is 0 Å². The molecule has 0 heterocycles. The maximum Gasteiger partial charge on any atom is 0.505 e. The molecule has 0 radical (unpaired) electrons. The molecule has 78 valence electrons. The van der Waals surface area contributed by atoms with E-state index >= 15 is 0 Å². The normalized spacial score (nSPS) is 12.7. The minimum Gasteiger partial charge on any atom is -0.450 e. The fourth-order valence-corrected chi connectivity index (χ4v) is 4.18. The molecule has 1 N–H and O–H groups in total. The van der Waals surface area contributed by atoms with Gasteiger partial charge in [0.2, 0.25) is 0 Å². The molecule has 0 rings (SSSR count). The van der Waals surface area contributed by atoms with E-state index in [-0.39, 0.29) is 9.52 Å². The molecule has 0 fully saturated rings. The van der Waals surface area contributed by atoms with Gasteiger partial charge in [-0.3, -0.25) is 0 Å². The molecule has 0 spiro atoms. The van der Waals surface area contributed by atoms with Crippen molar-refractivity contribution in [1.82, 2.24) is 0 Å². The highest BCUT2D eigenvalue weighted by Crippen LogP contribution is 2.31. The summed E-state index contributed by atoms with van der Waals surface area (Å²) in [7, 11) is -0.144. The van der Waals surface area contributed by atoms with Gasteiger partial charge >= 0.3 is 6.16 Å². The van der Waals surface area contributed by atoms with Crippen LogP contribution < -0.4 is 0 Å². The monoisotopic (exact) mass is 204 g/mol.